The van der Waals surface area contributed by atoms with Crippen LogP contribution in [0.1, 0.15) is 0 Å². The van der Waals surface area contributed by atoms with E-state index < -0.39 is 10.0 Å². The molecule has 4 rings (SSSR count). The Morgan fingerprint density at radius 1 is 1.38 bits per heavy atom. The Bertz CT molecular complexity index is 807. The fraction of sp³-hybridized carbons (Fsp3) is 0.462. The molecule has 2 heterocycles. The van der Waals surface area contributed by atoms with Gasteiger partial charge in [0.2, 0.25) is 10.0 Å². The molecule has 1 saturated carbocycles. The molecule has 1 saturated heterocycles. The number of piperidine rings is 1. The van der Waals surface area contributed by atoms with E-state index in [2.05, 4.69) is 19.8 Å². The number of fused-ring (bicyclic) bond motifs is 2. The topological polar surface area (TPSA) is 78.1 Å². The lowest BCUT2D eigenvalue weighted by molar-refractivity contribution is 0.577. The minimum atomic E-state index is -3.12. The van der Waals surface area contributed by atoms with Crippen LogP contribution in [0.15, 0.2) is 18.3 Å². The molecule has 3 atom stereocenters. The molecule has 8 heteroatoms. The fourth-order valence-electron chi connectivity index (χ4n) is 3.40. The van der Waals surface area contributed by atoms with Crippen LogP contribution in [-0.2, 0) is 10.0 Å². The van der Waals surface area contributed by atoms with Crippen molar-refractivity contribution in [2.75, 3.05) is 24.2 Å². The second kappa shape index (κ2) is 4.34. The van der Waals surface area contributed by atoms with Gasteiger partial charge in [-0.25, -0.2) is 13.1 Å². The number of nitrogens with one attached hydrogen (secondary N) is 2. The molecule has 0 bridgehead atoms. The summed E-state index contributed by atoms with van der Waals surface area (Å²) in [5, 5.41) is 8.72. The van der Waals surface area contributed by atoms with Gasteiger partial charge in [0.15, 0.2) is 0 Å². The van der Waals surface area contributed by atoms with Gasteiger partial charge in [0.05, 0.1) is 18.0 Å². The first kappa shape index (κ1) is 13.4. The maximum absolute atomic E-state index is 11.3. The maximum Gasteiger partial charge on any atom is 0.208 e. The Kier molecular flexibility index (Phi) is 2.76. The van der Waals surface area contributed by atoms with Crippen molar-refractivity contribution in [2.24, 2.45) is 11.8 Å². The van der Waals surface area contributed by atoms with E-state index in [1.807, 2.05) is 12.1 Å². The molecule has 0 amide bonds. The highest BCUT2D eigenvalue weighted by molar-refractivity contribution is 7.88. The number of sulfonamides is 1. The van der Waals surface area contributed by atoms with Gasteiger partial charge in [-0.1, -0.05) is 11.6 Å². The van der Waals surface area contributed by atoms with Gasteiger partial charge in [0.1, 0.15) is 0 Å². The van der Waals surface area contributed by atoms with E-state index in [1.54, 1.807) is 6.20 Å². The lowest BCUT2D eigenvalue weighted by atomic mass is 10.2. The first-order chi connectivity index (χ1) is 9.92. The van der Waals surface area contributed by atoms with Gasteiger partial charge >= 0.3 is 0 Å². The second-order valence-electron chi connectivity index (χ2n) is 5.90. The number of aromatic amines is 1. The Morgan fingerprint density at radius 3 is 2.76 bits per heavy atom. The summed E-state index contributed by atoms with van der Waals surface area (Å²) in [4.78, 5) is 2.26. The van der Waals surface area contributed by atoms with E-state index in [1.165, 1.54) is 6.26 Å². The lowest BCUT2D eigenvalue weighted by Gasteiger charge is -2.23. The van der Waals surface area contributed by atoms with Crippen molar-refractivity contribution >= 4 is 38.2 Å². The highest BCUT2D eigenvalue weighted by atomic mass is 35.5. The third-order valence-corrected chi connectivity index (χ3v) is 5.30. The van der Waals surface area contributed by atoms with Gasteiger partial charge in [-0.05, 0) is 24.0 Å². The summed E-state index contributed by atoms with van der Waals surface area (Å²) in [5.41, 5.74) is 1.99. The van der Waals surface area contributed by atoms with Gasteiger partial charge in [0.25, 0.3) is 0 Å². The van der Waals surface area contributed by atoms with Crippen molar-refractivity contribution in [3.63, 3.8) is 0 Å². The Hall–Kier alpha value is -1.31. The molecule has 0 radical (unpaired) electrons. The Labute approximate surface area is 127 Å². The van der Waals surface area contributed by atoms with Gasteiger partial charge in [-0.15, -0.1) is 0 Å². The van der Waals surface area contributed by atoms with Gasteiger partial charge in [-0.3, -0.25) is 5.10 Å². The van der Waals surface area contributed by atoms with E-state index in [0.29, 0.717) is 16.9 Å². The molecular weight excluding hydrogens is 312 g/mol. The molecule has 2 aliphatic rings. The number of benzene rings is 1. The molecule has 6 nitrogen and oxygen atoms in total. The van der Waals surface area contributed by atoms with Crippen LogP contribution in [0.5, 0.6) is 0 Å². The number of hydrogen-bond acceptors (Lipinski definition) is 4. The molecule has 2 fully saturated rings. The third kappa shape index (κ3) is 2.29. The van der Waals surface area contributed by atoms with Crippen LogP contribution in [0, 0.1) is 11.8 Å². The van der Waals surface area contributed by atoms with E-state index in [-0.39, 0.29) is 6.04 Å². The van der Waals surface area contributed by atoms with Crippen molar-refractivity contribution < 1.29 is 8.42 Å². The molecule has 2 N–H and O–H groups in total. The number of hydrogen-bond donors (Lipinski definition) is 2. The standard InChI is InChI=1S/C13H15ClN4O2S/c1-21(19,20)17-13-9-5-18(6-10(9)13)12-3-7(14)2-11-8(12)4-15-16-11/h2-4,9-10,13,17H,5-6H2,1H3,(H,15,16)/t9-,10+,13+. The summed E-state index contributed by atoms with van der Waals surface area (Å²) >= 11 is 6.16. The quantitative estimate of drug-likeness (QED) is 0.888. The first-order valence-electron chi connectivity index (χ1n) is 6.77. The molecule has 1 aliphatic carbocycles. The predicted molar refractivity (Wildman–Crippen MR) is 82.1 cm³/mol. The van der Waals surface area contributed by atoms with Crippen LogP contribution >= 0.6 is 11.6 Å². The van der Waals surface area contributed by atoms with Crippen molar-refractivity contribution in [3.05, 3.63) is 23.4 Å². The first-order valence-corrected chi connectivity index (χ1v) is 9.04. The molecule has 2 aromatic rings. The molecule has 0 spiro atoms. The summed E-state index contributed by atoms with van der Waals surface area (Å²) in [5.74, 6) is 0.779. The summed E-state index contributed by atoms with van der Waals surface area (Å²) in [7, 11) is -3.12. The fourth-order valence-corrected chi connectivity index (χ4v) is 4.46. The number of halogens is 1. The largest absolute Gasteiger partial charge is 0.370 e. The highest BCUT2D eigenvalue weighted by Crippen LogP contribution is 2.48. The van der Waals surface area contributed by atoms with Crippen molar-refractivity contribution in [3.8, 4) is 0 Å². The van der Waals surface area contributed by atoms with E-state index in [9.17, 15) is 8.42 Å². The zero-order valence-electron chi connectivity index (χ0n) is 11.4. The molecule has 0 unspecified atom stereocenters. The second-order valence-corrected chi connectivity index (χ2v) is 8.12. The van der Waals surface area contributed by atoms with Crippen LogP contribution in [0.3, 0.4) is 0 Å². The van der Waals surface area contributed by atoms with Crippen molar-refractivity contribution in [1.82, 2.24) is 14.9 Å². The number of aromatic nitrogens is 2. The maximum atomic E-state index is 11.3. The molecule has 1 aliphatic heterocycles. The smallest absolute Gasteiger partial charge is 0.208 e. The number of rotatable bonds is 3. The van der Waals surface area contributed by atoms with Crippen LogP contribution < -0.4 is 9.62 Å². The molecule has 112 valence electrons. The van der Waals surface area contributed by atoms with Gasteiger partial charge in [-0.2, -0.15) is 5.10 Å². The summed E-state index contributed by atoms with van der Waals surface area (Å²) in [6.07, 6.45) is 3.02. The third-order valence-electron chi connectivity index (χ3n) is 4.39. The zero-order valence-corrected chi connectivity index (χ0v) is 12.9. The molecule has 21 heavy (non-hydrogen) atoms. The van der Waals surface area contributed by atoms with Crippen LogP contribution in [-0.4, -0.2) is 44.0 Å². The summed E-state index contributed by atoms with van der Waals surface area (Å²) in [6.45, 7) is 1.69. The van der Waals surface area contributed by atoms with Gasteiger partial charge in [0, 0.05) is 35.2 Å². The molecule has 1 aromatic heterocycles. The monoisotopic (exact) mass is 326 g/mol. The SMILES string of the molecule is CS(=O)(=O)N[C@H]1[C@@H]2CN(c3cc(Cl)cc4[nH]ncc34)C[C@@H]21. The van der Waals surface area contributed by atoms with Crippen LogP contribution in [0.25, 0.3) is 10.9 Å². The van der Waals surface area contributed by atoms with Crippen molar-refractivity contribution in [2.45, 2.75) is 6.04 Å². The van der Waals surface area contributed by atoms with Crippen LogP contribution in [0.4, 0.5) is 5.69 Å². The van der Waals surface area contributed by atoms with E-state index in [4.69, 9.17) is 11.6 Å². The predicted octanol–water partition coefficient (Wildman–Crippen LogP) is 1.20. The number of nitrogens with zero attached hydrogens (tertiary/aromatic N) is 2. The van der Waals surface area contributed by atoms with Crippen LogP contribution in [0.2, 0.25) is 5.02 Å². The number of H-pyrrole nitrogens is 1. The molecular formula is C13H15ClN4O2S. The lowest BCUT2D eigenvalue weighted by Crippen LogP contribution is -2.34. The van der Waals surface area contributed by atoms with Crippen molar-refractivity contribution in [1.29, 1.82) is 0 Å². The summed E-state index contributed by atoms with van der Waals surface area (Å²) in [6, 6.07) is 3.90. The highest BCUT2D eigenvalue weighted by Gasteiger charge is 2.56. The average Bonchev–Trinajstić information content (AvgIpc) is 2.84. The van der Waals surface area contributed by atoms with E-state index in [0.717, 1.165) is 29.7 Å². The Morgan fingerprint density at radius 2 is 2.10 bits per heavy atom. The summed E-state index contributed by atoms with van der Waals surface area (Å²) < 4.78 is 25.3. The zero-order chi connectivity index (χ0) is 14.8. The van der Waals surface area contributed by atoms with E-state index >= 15 is 0 Å². The average molecular weight is 327 g/mol. The minimum Gasteiger partial charge on any atom is -0.370 e. The normalized spacial score (nSPS) is 28.1. The minimum absolute atomic E-state index is 0.0928. The number of anilines is 1. The van der Waals surface area contributed by atoms with Gasteiger partial charge < -0.3 is 4.90 Å². The molecule has 1 aromatic carbocycles. The Balaban J connectivity index is 1.57.